The molecule has 0 aliphatic carbocycles. The lowest BCUT2D eigenvalue weighted by molar-refractivity contribution is -0.133. The Kier molecular flexibility index (Phi) is 8.65. The van der Waals surface area contributed by atoms with Gasteiger partial charge in [0, 0.05) is 20.2 Å². The minimum absolute atomic E-state index is 0.0576. The number of thioether (sulfide) groups is 1. The highest BCUT2D eigenvalue weighted by atomic mass is 32.2. The summed E-state index contributed by atoms with van der Waals surface area (Å²) in [7, 11) is 1.57. The molecule has 0 unspecified atom stereocenters. The van der Waals surface area contributed by atoms with E-state index in [9.17, 15) is 9.59 Å². The molecule has 0 spiro atoms. The van der Waals surface area contributed by atoms with Gasteiger partial charge in [-0.2, -0.15) is 0 Å². The number of methoxy groups -OCH3 is 1. The first-order valence-electron chi connectivity index (χ1n) is 4.79. The van der Waals surface area contributed by atoms with Crippen LogP contribution in [0.4, 0.5) is 0 Å². The van der Waals surface area contributed by atoms with Crippen molar-refractivity contribution in [2.75, 3.05) is 38.3 Å². The first-order valence-corrected chi connectivity index (χ1v) is 5.94. The fraction of sp³-hybridized carbons (Fsp3) is 0.600. The Bertz CT molecular complexity index is 245. The first-order chi connectivity index (χ1) is 7.61. The molecule has 0 saturated heterocycles. The van der Waals surface area contributed by atoms with Gasteiger partial charge in [0.2, 0.25) is 5.91 Å². The van der Waals surface area contributed by atoms with Gasteiger partial charge in [-0.15, -0.1) is 18.3 Å². The molecular formula is C10H17NO4S. The average Bonchev–Trinajstić information content (AvgIpc) is 2.23. The zero-order chi connectivity index (χ0) is 12.4. The molecular weight excluding hydrogens is 230 g/mol. The lowest BCUT2D eigenvalue weighted by Crippen LogP contribution is -2.35. The molecule has 0 bridgehead atoms. The van der Waals surface area contributed by atoms with E-state index in [0.29, 0.717) is 19.7 Å². The Morgan fingerprint density at radius 3 is 2.69 bits per heavy atom. The van der Waals surface area contributed by atoms with Crippen LogP contribution in [-0.2, 0) is 14.3 Å². The van der Waals surface area contributed by atoms with Gasteiger partial charge in [-0.3, -0.25) is 9.59 Å². The van der Waals surface area contributed by atoms with Gasteiger partial charge in [0.05, 0.1) is 18.1 Å². The van der Waals surface area contributed by atoms with Crippen LogP contribution in [0.3, 0.4) is 0 Å². The van der Waals surface area contributed by atoms with E-state index >= 15 is 0 Å². The number of carboxylic acids is 1. The topological polar surface area (TPSA) is 66.8 Å². The van der Waals surface area contributed by atoms with E-state index in [1.807, 2.05) is 0 Å². The molecule has 0 aliphatic rings. The highest BCUT2D eigenvalue weighted by molar-refractivity contribution is 8.00. The molecule has 0 aromatic carbocycles. The molecule has 0 fully saturated rings. The van der Waals surface area contributed by atoms with Gasteiger partial charge in [0.25, 0.3) is 0 Å². The fourth-order valence-electron chi connectivity index (χ4n) is 0.992. The molecule has 0 atom stereocenters. The zero-order valence-corrected chi connectivity index (χ0v) is 10.2. The third kappa shape index (κ3) is 7.30. The number of carboxylic acid groups (broad SMARTS) is 1. The standard InChI is InChI=1S/C10H17NO4S/c1-3-4-11(5-6-15-2)9(12)7-16-8-10(13)14/h3H,1,4-8H2,2H3,(H,13,14). The number of carbonyl (C=O) groups is 2. The molecule has 0 rings (SSSR count). The van der Waals surface area contributed by atoms with E-state index in [0.717, 1.165) is 11.8 Å². The Morgan fingerprint density at radius 1 is 1.50 bits per heavy atom. The van der Waals surface area contributed by atoms with E-state index in [1.54, 1.807) is 18.1 Å². The number of nitrogens with zero attached hydrogens (tertiary/aromatic N) is 1. The second-order valence-corrected chi connectivity index (χ2v) is 3.99. The number of hydrogen-bond donors (Lipinski definition) is 1. The van der Waals surface area contributed by atoms with Gasteiger partial charge in [-0.1, -0.05) is 6.08 Å². The summed E-state index contributed by atoms with van der Waals surface area (Å²) >= 11 is 1.09. The van der Waals surface area contributed by atoms with Crippen molar-refractivity contribution < 1.29 is 19.4 Å². The summed E-state index contributed by atoms with van der Waals surface area (Å²) in [4.78, 5) is 23.5. The van der Waals surface area contributed by atoms with Crippen LogP contribution in [0.1, 0.15) is 0 Å². The van der Waals surface area contributed by atoms with E-state index in [-0.39, 0.29) is 17.4 Å². The van der Waals surface area contributed by atoms with E-state index in [1.165, 1.54) is 0 Å². The summed E-state index contributed by atoms with van der Waals surface area (Å²) in [5.74, 6) is -0.893. The van der Waals surface area contributed by atoms with E-state index < -0.39 is 5.97 Å². The maximum Gasteiger partial charge on any atom is 0.313 e. The highest BCUT2D eigenvalue weighted by Crippen LogP contribution is 2.02. The van der Waals surface area contributed by atoms with Crippen molar-refractivity contribution in [2.24, 2.45) is 0 Å². The van der Waals surface area contributed by atoms with Crippen LogP contribution in [0.25, 0.3) is 0 Å². The van der Waals surface area contributed by atoms with Crippen molar-refractivity contribution >= 4 is 23.6 Å². The molecule has 92 valence electrons. The van der Waals surface area contributed by atoms with Crippen molar-refractivity contribution in [3.05, 3.63) is 12.7 Å². The Morgan fingerprint density at radius 2 is 2.19 bits per heavy atom. The predicted molar refractivity (Wildman–Crippen MR) is 63.6 cm³/mol. The summed E-state index contributed by atoms with van der Waals surface area (Å²) in [5.41, 5.74) is 0. The Labute approximate surface area is 99.4 Å². The summed E-state index contributed by atoms with van der Waals surface area (Å²) in [6.45, 7) is 4.97. The van der Waals surface area contributed by atoms with Crippen LogP contribution in [0, 0.1) is 0 Å². The zero-order valence-electron chi connectivity index (χ0n) is 9.35. The maximum atomic E-state index is 11.6. The molecule has 5 nitrogen and oxygen atoms in total. The number of hydrogen-bond acceptors (Lipinski definition) is 4. The quantitative estimate of drug-likeness (QED) is 0.600. The lowest BCUT2D eigenvalue weighted by atomic mass is 10.4. The van der Waals surface area contributed by atoms with Crippen LogP contribution in [0.15, 0.2) is 12.7 Å². The Balaban J connectivity index is 3.95. The number of amides is 1. The van der Waals surface area contributed by atoms with Gasteiger partial charge in [0.15, 0.2) is 0 Å². The number of ether oxygens (including phenoxy) is 1. The number of rotatable bonds is 9. The van der Waals surface area contributed by atoms with Crippen molar-refractivity contribution in [3.8, 4) is 0 Å². The highest BCUT2D eigenvalue weighted by Gasteiger charge is 2.12. The van der Waals surface area contributed by atoms with Crippen molar-refractivity contribution in [2.45, 2.75) is 0 Å². The van der Waals surface area contributed by atoms with Crippen molar-refractivity contribution in [1.82, 2.24) is 4.90 Å². The second-order valence-electron chi connectivity index (χ2n) is 3.01. The number of carbonyl (C=O) groups excluding carboxylic acids is 1. The summed E-state index contributed by atoms with van der Waals surface area (Å²) in [6.07, 6.45) is 1.63. The van der Waals surface area contributed by atoms with E-state index in [2.05, 4.69) is 6.58 Å². The minimum atomic E-state index is -0.912. The van der Waals surface area contributed by atoms with Crippen molar-refractivity contribution in [1.29, 1.82) is 0 Å². The fourth-order valence-corrected chi connectivity index (χ4v) is 1.63. The molecule has 1 N–H and O–H groups in total. The predicted octanol–water partition coefficient (Wildman–Crippen LogP) is 0.465. The summed E-state index contributed by atoms with van der Waals surface area (Å²) in [6, 6.07) is 0. The smallest absolute Gasteiger partial charge is 0.313 e. The summed E-state index contributed by atoms with van der Waals surface area (Å²) < 4.78 is 4.88. The third-order valence-corrected chi connectivity index (χ3v) is 2.62. The van der Waals surface area contributed by atoms with Gasteiger partial charge in [-0.25, -0.2) is 0 Å². The second kappa shape index (κ2) is 9.23. The molecule has 0 aromatic rings. The molecule has 1 amide bonds. The molecule has 0 radical (unpaired) electrons. The molecule has 16 heavy (non-hydrogen) atoms. The Hall–Kier alpha value is -1.01. The first kappa shape index (κ1) is 15.0. The number of aliphatic carboxylic acids is 1. The van der Waals surface area contributed by atoms with Crippen molar-refractivity contribution in [3.63, 3.8) is 0 Å². The molecule has 0 aliphatic heterocycles. The van der Waals surface area contributed by atoms with Crippen LogP contribution in [0.5, 0.6) is 0 Å². The van der Waals surface area contributed by atoms with E-state index in [4.69, 9.17) is 9.84 Å². The monoisotopic (exact) mass is 247 g/mol. The van der Waals surface area contributed by atoms with Crippen LogP contribution in [-0.4, -0.2) is 60.2 Å². The molecule has 6 heteroatoms. The SMILES string of the molecule is C=CCN(CCOC)C(=O)CSCC(=O)O. The maximum absolute atomic E-state index is 11.6. The lowest BCUT2D eigenvalue weighted by Gasteiger charge is -2.20. The van der Waals surface area contributed by atoms with Gasteiger partial charge in [0.1, 0.15) is 0 Å². The third-order valence-electron chi connectivity index (χ3n) is 1.72. The summed E-state index contributed by atoms with van der Waals surface area (Å²) in [5, 5.41) is 8.43. The van der Waals surface area contributed by atoms with Crippen LogP contribution in [0.2, 0.25) is 0 Å². The van der Waals surface area contributed by atoms with Gasteiger partial charge >= 0.3 is 5.97 Å². The minimum Gasteiger partial charge on any atom is -0.481 e. The van der Waals surface area contributed by atoms with Gasteiger partial charge in [-0.05, 0) is 0 Å². The molecule has 0 aromatic heterocycles. The van der Waals surface area contributed by atoms with Crippen LogP contribution >= 0.6 is 11.8 Å². The largest absolute Gasteiger partial charge is 0.481 e. The normalized spacial score (nSPS) is 9.81. The van der Waals surface area contributed by atoms with Gasteiger partial charge < -0.3 is 14.7 Å². The molecule has 0 heterocycles. The molecule has 0 saturated carbocycles. The van der Waals surface area contributed by atoms with Crippen LogP contribution < -0.4 is 0 Å². The average molecular weight is 247 g/mol.